The zero-order valence-electron chi connectivity index (χ0n) is 11.6. The number of ether oxygens (including phenoxy) is 2. The Morgan fingerprint density at radius 3 is 2.47 bits per heavy atom. The van der Waals surface area contributed by atoms with E-state index in [0.29, 0.717) is 19.1 Å². The van der Waals surface area contributed by atoms with Crippen LogP contribution in [-0.4, -0.2) is 37.1 Å². The van der Waals surface area contributed by atoms with Crippen molar-refractivity contribution in [3.63, 3.8) is 0 Å². The van der Waals surface area contributed by atoms with Crippen LogP contribution in [-0.2, 0) is 9.47 Å². The van der Waals surface area contributed by atoms with Gasteiger partial charge in [0.25, 0.3) is 0 Å². The first-order valence-electron chi connectivity index (χ1n) is 6.86. The predicted molar refractivity (Wildman–Crippen MR) is 69.1 cm³/mol. The third-order valence-electron chi connectivity index (χ3n) is 3.88. The molecule has 0 aromatic heterocycles. The molecule has 1 saturated carbocycles. The van der Waals surface area contributed by atoms with Gasteiger partial charge in [0.05, 0.1) is 18.3 Å². The summed E-state index contributed by atoms with van der Waals surface area (Å²) < 4.78 is 10.9. The van der Waals surface area contributed by atoms with Gasteiger partial charge in [-0.15, -0.1) is 0 Å². The largest absolute Gasteiger partial charge is 0.390 e. The number of aliphatic hydroxyl groups excluding tert-OH is 1. The van der Waals surface area contributed by atoms with Crippen LogP contribution in [0.1, 0.15) is 52.4 Å². The summed E-state index contributed by atoms with van der Waals surface area (Å²) in [6, 6.07) is 0. The van der Waals surface area contributed by atoms with Crippen LogP contribution < -0.4 is 0 Å². The van der Waals surface area contributed by atoms with Crippen molar-refractivity contribution in [1.82, 2.24) is 0 Å². The van der Waals surface area contributed by atoms with Crippen LogP contribution in [0.3, 0.4) is 0 Å². The Morgan fingerprint density at radius 2 is 1.88 bits per heavy atom. The summed E-state index contributed by atoms with van der Waals surface area (Å²) in [5, 5.41) is 10.0. The molecule has 1 fully saturated rings. The molecule has 1 unspecified atom stereocenters. The normalized spacial score (nSPS) is 20.5. The maximum atomic E-state index is 10.0. The van der Waals surface area contributed by atoms with Crippen LogP contribution in [0.25, 0.3) is 0 Å². The van der Waals surface area contributed by atoms with Gasteiger partial charge in [0.15, 0.2) is 0 Å². The molecule has 1 rings (SSSR count). The number of rotatable bonds is 7. The van der Waals surface area contributed by atoms with Gasteiger partial charge in [-0.05, 0) is 39.0 Å². The molecule has 1 N–H and O–H groups in total. The van der Waals surface area contributed by atoms with E-state index in [2.05, 4.69) is 0 Å². The fraction of sp³-hybridized carbons (Fsp3) is 1.00. The summed E-state index contributed by atoms with van der Waals surface area (Å²) >= 11 is 0. The molecular weight excluding hydrogens is 216 g/mol. The van der Waals surface area contributed by atoms with E-state index < -0.39 is 0 Å². The molecule has 0 spiro atoms. The van der Waals surface area contributed by atoms with Gasteiger partial charge in [0.1, 0.15) is 0 Å². The molecule has 0 saturated heterocycles. The fourth-order valence-corrected chi connectivity index (χ4v) is 2.28. The van der Waals surface area contributed by atoms with Crippen molar-refractivity contribution >= 4 is 0 Å². The van der Waals surface area contributed by atoms with E-state index in [1.165, 1.54) is 19.3 Å². The van der Waals surface area contributed by atoms with Gasteiger partial charge in [0.2, 0.25) is 0 Å². The average molecular weight is 244 g/mol. The molecule has 3 nitrogen and oxygen atoms in total. The van der Waals surface area contributed by atoms with E-state index >= 15 is 0 Å². The van der Waals surface area contributed by atoms with E-state index in [1.807, 2.05) is 13.8 Å². The van der Waals surface area contributed by atoms with E-state index in [4.69, 9.17) is 9.47 Å². The van der Waals surface area contributed by atoms with E-state index in [0.717, 1.165) is 19.3 Å². The Balaban J connectivity index is 2.09. The number of hydrogen-bond acceptors (Lipinski definition) is 3. The first-order chi connectivity index (χ1) is 8.05. The van der Waals surface area contributed by atoms with Crippen molar-refractivity contribution in [2.75, 3.05) is 20.3 Å². The lowest BCUT2D eigenvalue weighted by Crippen LogP contribution is -2.29. The first kappa shape index (κ1) is 14.9. The van der Waals surface area contributed by atoms with Gasteiger partial charge in [-0.3, -0.25) is 0 Å². The van der Waals surface area contributed by atoms with Gasteiger partial charge in [-0.1, -0.05) is 19.3 Å². The maximum absolute atomic E-state index is 10.0. The molecule has 0 amide bonds. The van der Waals surface area contributed by atoms with E-state index in [9.17, 15) is 5.11 Å². The zero-order valence-corrected chi connectivity index (χ0v) is 11.6. The van der Waals surface area contributed by atoms with Gasteiger partial charge in [0, 0.05) is 13.7 Å². The molecule has 0 bridgehead atoms. The second-order valence-corrected chi connectivity index (χ2v) is 5.75. The van der Waals surface area contributed by atoms with Crippen LogP contribution in [0, 0.1) is 5.92 Å². The minimum Gasteiger partial charge on any atom is -0.390 e. The van der Waals surface area contributed by atoms with Crippen LogP contribution in [0.15, 0.2) is 0 Å². The molecule has 1 aliphatic carbocycles. The van der Waals surface area contributed by atoms with Crippen molar-refractivity contribution in [1.29, 1.82) is 0 Å². The molecule has 1 atom stereocenters. The topological polar surface area (TPSA) is 38.7 Å². The van der Waals surface area contributed by atoms with Gasteiger partial charge in [-0.2, -0.15) is 0 Å². The molecule has 0 aromatic carbocycles. The Morgan fingerprint density at radius 1 is 1.24 bits per heavy atom. The molecule has 0 aliphatic heterocycles. The smallest absolute Gasteiger partial charge is 0.0801 e. The zero-order chi connectivity index (χ0) is 12.7. The number of hydrogen-bond donors (Lipinski definition) is 1. The van der Waals surface area contributed by atoms with E-state index in [1.54, 1.807) is 7.11 Å². The molecule has 0 radical (unpaired) electrons. The highest BCUT2D eigenvalue weighted by molar-refractivity contribution is 4.73. The Labute approximate surface area is 105 Å². The van der Waals surface area contributed by atoms with Crippen LogP contribution in [0.5, 0.6) is 0 Å². The Kier molecular flexibility index (Phi) is 6.45. The Bertz CT molecular complexity index is 198. The van der Waals surface area contributed by atoms with Gasteiger partial charge in [-0.25, -0.2) is 0 Å². The molecule has 1 aliphatic rings. The second kappa shape index (κ2) is 7.34. The summed E-state index contributed by atoms with van der Waals surface area (Å²) in [5.41, 5.74) is -0.129. The third-order valence-corrected chi connectivity index (χ3v) is 3.88. The summed E-state index contributed by atoms with van der Waals surface area (Å²) in [4.78, 5) is 0. The highest BCUT2D eigenvalue weighted by atomic mass is 16.5. The molecule has 3 heteroatoms. The van der Waals surface area contributed by atoms with Crippen molar-refractivity contribution < 1.29 is 14.6 Å². The molecular formula is C14H28O3. The maximum Gasteiger partial charge on any atom is 0.0801 e. The molecule has 0 aromatic rings. The standard InChI is InChI=1S/C14H28O3/c1-14(2,16-3)9-10-17-11-13(15)12-7-5-4-6-8-12/h12-13,15H,4-11H2,1-3H3. The summed E-state index contributed by atoms with van der Waals surface area (Å²) in [6.45, 7) is 5.23. The quantitative estimate of drug-likeness (QED) is 0.700. The average Bonchev–Trinajstić information content (AvgIpc) is 2.35. The minimum atomic E-state index is -0.277. The van der Waals surface area contributed by atoms with Gasteiger partial charge < -0.3 is 14.6 Å². The Hall–Kier alpha value is -0.120. The lowest BCUT2D eigenvalue weighted by molar-refractivity contribution is -0.0380. The summed E-state index contributed by atoms with van der Waals surface area (Å²) in [6.07, 6.45) is 6.76. The second-order valence-electron chi connectivity index (χ2n) is 5.75. The lowest BCUT2D eigenvalue weighted by Gasteiger charge is -2.27. The number of aliphatic hydroxyl groups is 1. The first-order valence-corrected chi connectivity index (χ1v) is 6.86. The lowest BCUT2D eigenvalue weighted by atomic mass is 9.85. The SMILES string of the molecule is COC(C)(C)CCOCC(O)C1CCCCC1. The van der Waals surface area contributed by atoms with E-state index in [-0.39, 0.29) is 11.7 Å². The molecule has 17 heavy (non-hydrogen) atoms. The number of methoxy groups -OCH3 is 1. The van der Waals surface area contributed by atoms with Crippen LogP contribution in [0.2, 0.25) is 0 Å². The molecule has 102 valence electrons. The minimum absolute atomic E-state index is 0.129. The van der Waals surface area contributed by atoms with Crippen LogP contribution in [0.4, 0.5) is 0 Å². The van der Waals surface area contributed by atoms with Crippen molar-refractivity contribution in [2.24, 2.45) is 5.92 Å². The fourth-order valence-electron chi connectivity index (χ4n) is 2.28. The van der Waals surface area contributed by atoms with Gasteiger partial charge >= 0.3 is 0 Å². The monoisotopic (exact) mass is 244 g/mol. The third kappa shape index (κ3) is 5.84. The summed E-state index contributed by atoms with van der Waals surface area (Å²) in [5.74, 6) is 0.458. The highest BCUT2D eigenvalue weighted by Gasteiger charge is 2.22. The van der Waals surface area contributed by atoms with Crippen molar-refractivity contribution in [3.05, 3.63) is 0 Å². The van der Waals surface area contributed by atoms with Crippen LogP contribution >= 0.6 is 0 Å². The highest BCUT2D eigenvalue weighted by Crippen LogP contribution is 2.26. The van der Waals surface area contributed by atoms with Crippen molar-refractivity contribution in [2.45, 2.75) is 64.1 Å². The van der Waals surface area contributed by atoms with Crippen molar-refractivity contribution in [3.8, 4) is 0 Å². The summed E-state index contributed by atoms with van der Waals surface area (Å²) in [7, 11) is 1.72. The molecule has 0 heterocycles. The predicted octanol–water partition coefficient (Wildman–Crippen LogP) is 2.76.